The summed E-state index contributed by atoms with van der Waals surface area (Å²) in [5.74, 6) is 0.926. The highest BCUT2D eigenvalue weighted by atomic mass is 16.7. The van der Waals surface area contributed by atoms with E-state index in [1.807, 2.05) is 0 Å². The van der Waals surface area contributed by atoms with Crippen LogP contribution in [-0.2, 0) is 25.6 Å². The Kier molecular flexibility index (Phi) is 8.28. The first kappa shape index (κ1) is 35.0. The average Bonchev–Trinajstić information content (AvgIpc) is 3.48. The Balaban J connectivity index is 1.75. The van der Waals surface area contributed by atoms with E-state index in [-0.39, 0.29) is 22.0 Å². The van der Waals surface area contributed by atoms with Crippen molar-refractivity contribution in [1.29, 1.82) is 0 Å². The van der Waals surface area contributed by atoms with E-state index in [1.165, 1.54) is 5.56 Å². The first-order valence-corrected chi connectivity index (χ1v) is 17.6. The van der Waals surface area contributed by atoms with E-state index in [4.69, 9.17) is 14.3 Å². The first-order chi connectivity index (χ1) is 22.6. The average molecular weight is 657 g/mol. The Hall–Kier alpha value is -3.87. The third-order valence-corrected chi connectivity index (χ3v) is 10.4. The molecule has 5 nitrogen and oxygen atoms in total. The number of aromatic nitrogens is 2. The van der Waals surface area contributed by atoms with Crippen LogP contribution in [0.2, 0.25) is 0 Å². The highest BCUT2D eigenvalue weighted by Gasteiger charge is 2.52. The van der Waals surface area contributed by atoms with Crippen molar-refractivity contribution in [2.45, 2.75) is 117 Å². The van der Waals surface area contributed by atoms with Crippen molar-refractivity contribution in [1.82, 2.24) is 9.55 Å². The number of hydrogen-bond donors (Lipinski definition) is 1. The summed E-state index contributed by atoms with van der Waals surface area (Å²) in [6, 6.07) is 27.8. The standard InChI is InChI=1S/C43H53BN2O3/c1-39(2,3)28-22-23-34(30(24-28)27-18-15-14-16-19-27)46-35-21-17-20-33(44-48-42(10,11)43(12,13)49-44)36(35)45-38(46)31-25-29(40(4,5)6)26-32(37(31)47)41(7,8)9/h14-26,47H,1-13H3. The summed E-state index contributed by atoms with van der Waals surface area (Å²) < 4.78 is 15.4. The molecule has 1 saturated heterocycles. The Bertz CT molecular complexity index is 2020. The van der Waals surface area contributed by atoms with Crippen molar-refractivity contribution in [2.75, 3.05) is 0 Å². The fourth-order valence-electron chi connectivity index (χ4n) is 6.56. The maximum absolute atomic E-state index is 12.2. The normalized spacial score (nSPS) is 16.5. The second-order valence-corrected chi connectivity index (χ2v) is 17.8. The van der Waals surface area contributed by atoms with Gasteiger partial charge < -0.3 is 14.4 Å². The number of hydrogen-bond acceptors (Lipinski definition) is 4. The van der Waals surface area contributed by atoms with Crippen LogP contribution in [0, 0.1) is 0 Å². The number of fused-ring (bicyclic) bond motifs is 1. The minimum Gasteiger partial charge on any atom is -0.507 e. The molecule has 0 bridgehead atoms. The van der Waals surface area contributed by atoms with Crippen molar-refractivity contribution < 1.29 is 14.4 Å². The fourth-order valence-corrected chi connectivity index (χ4v) is 6.56. The molecule has 1 fully saturated rings. The molecule has 1 aliphatic heterocycles. The van der Waals surface area contributed by atoms with Gasteiger partial charge in [-0.1, -0.05) is 117 Å². The number of phenols is 1. The monoisotopic (exact) mass is 656 g/mol. The first-order valence-electron chi connectivity index (χ1n) is 17.6. The summed E-state index contributed by atoms with van der Waals surface area (Å²) in [7, 11) is -0.596. The SMILES string of the molecule is CC(C)(C)c1ccc(-n2c(-c3cc(C(C)(C)C)cc(C(C)(C)C)c3O)nc3c(B4OC(C)(C)C(C)(C)O4)cccc32)c(-c2ccccc2)c1. The molecule has 0 spiro atoms. The molecule has 6 rings (SSSR count). The van der Waals surface area contributed by atoms with Gasteiger partial charge in [0.1, 0.15) is 11.6 Å². The molecule has 49 heavy (non-hydrogen) atoms. The van der Waals surface area contributed by atoms with E-state index in [9.17, 15) is 5.11 Å². The van der Waals surface area contributed by atoms with Gasteiger partial charge in [-0.3, -0.25) is 4.57 Å². The largest absolute Gasteiger partial charge is 0.507 e. The van der Waals surface area contributed by atoms with E-state index in [0.29, 0.717) is 11.4 Å². The van der Waals surface area contributed by atoms with E-state index in [2.05, 4.69) is 173 Å². The van der Waals surface area contributed by atoms with Crippen LogP contribution in [0.3, 0.4) is 0 Å². The van der Waals surface area contributed by atoms with Crippen LogP contribution in [-0.4, -0.2) is 33.0 Å². The molecule has 1 aromatic heterocycles. The lowest BCUT2D eigenvalue weighted by atomic mass is 9.78. The maximum atomic E-state index is 12.2. The maximum Gasteiger partial charge on any atom is 0.497 e. The second-order valence-electron chi connectivity index (χ2n) is 17.8. The number of phenolic OH excluding ortho intramolecular Hbond substituents is 1. The van der Waals surface area contributed by atoms with Crippen molar-refractivity contribution >= 4 is 23.6 Å². The molecule has 1 aliphatic rings. The lowest BCUT2D eigenvalue weighted by molar-refractivity contribution is 0.00578. The summed E-state index contributed by atoms with van der Waals surface area (Å²) in [6.07, 6.45) is 0. The molecule has 4 aromatic carbocycles. The van der Waals surface area contributed by atoms with Gasteiger partial charge in [-0.2, -0.15) is 0 Å². The summed E-state index contributed by atoms with van der Waals surface area (Å²) in [6.45, 7) is 28.1. The molecule has 0 radical (unpaired) electrons. The van der Waals surface area contributed by atoms with Crippen molar-refractivity contribution in [3.8, 4) is 34.0 Å². The van der Waals surface area contributed by atoms with Gasteiger partial charge in [0.05, 0.1) is 33.5 Å². The summed E-state index contributed by atoms with van der Waals surface area (Å²) in [5, 5.41) is 12.2. The molecule has 256 valence electrons. The van der Waals surface area contributed by atoms with Gasteiger partial charge in [-0.05, 0) is 84.9 Å². The zero-order valence-electron chi connectivity index (χ0n) is 31.7. The van der Waals surface area contributed by atoms with Crippen LogP contribution in [0.15, 0.2) is 78.9 Å². The van der Waals surface area contributed by atoms with Gasteiger partial charge in [-0.25, -0.2) is 4.98 Å². The van der Waals surface area contributed by atoms with Gasteiger partial charge in [0, 0.05) is 16.6 Å². The Morgan fingerprint density at radius 3 is 1.82 bits per heavy atom. The van der Waals surface area contributed by atoms with Crippen molar-refractivity contribution in [2.24, 2.45) is 0 Å². The molecule has 0 atom stereocenters. The van der Waals surface area contributed by atoms with E-state index in [1.54, 1.807) is 0 Å². The Morgan fingerprint density at radius 1 is 0.653 bits per heavy atom. The molecular weight excluding hydrogens is 603 g/mol. The Labute approximate surface area is 293 Å². The highest BCUT2D eigenvalue weighted by molar-refractivity contribution is 6.65. The molecule has 1 N–H and O–H groups in total. The predicted octanol–water partition coefficient (Wildman–Crippen LogP) is 10.3. The van der Waals surface area contributed by atoms with E-state index < -0.39 is 18.3 Å². The molecule has 0 amide bonds. The zero-order chi connectivity index (χ0) is 35.9. The molecule has 0 unspecified atom stereocenters. The predicted molar refractivity (Wildman–Crippen MR) is 205 cm³/mol. The van der Waals surface area contributed by atoms with Gasteiger partial charge in [0.15, 0.2) is 0 Å². The fraction of sp³-hybridized carbons (Fsp3) is 0.419. The number of benzene rings is 4. The van der Waals surface area contributed by atoms with Crippen LogP contribution < -0.4 is 5.46 Å². The molecule has 6 heteroatoms. The molecule has 5 aromatic rings. The number of imidazole rings is 1. The van der Waals surface area contributed by atoms with Crippen LogP contribution in [0.25, 0.3) is 39.2 Å². The summed E-state index contributed by atoms with van der Waals surface area (Å²) in [4.78, 5) is 5.46. The number of rotatable bonds is 4. The van der Waals surface area contributed by atoms with Gasteiger partial charge in [0.25, 0.3) is 0 Å². The second kappa shape index (κ2) is 11.6. The summed E-state index contributed by atoms with van der Waals surface area (Å²) >= 11 is 0. The minimum atomic E-state index is -0.596. The number of para-hydroxylation sites is 1. The molecule has 2 heterocycles. The minimum absolute atomic E-state index is 0.0489. The van der Waals surface area contributed by atoms with Gasteiger partial charge >= 0.3 is 7.12 Å². The number of aromatic hydroxyl groups is 1. The van der Waals surface area contributed by atoms with Crippen molar-refractivity contribution in [3.05, 3.63) is 95.6 Å². The molecular formula is C43H53BN2O3. The quantitative estimate of drug-likeness (QED) is 0.196. The smallest absolute Gasteiger partial charge is 0.497 e. The van der Waals surface area contributed by atoms with Gasteiger partial charge in [0.2, 0.25) is 0 Å². The topological polar surface area (TPSA) is 56.5 Å². The van der Waals surface area contributed by atoms with Crippen LogP contribution in [0.4, 0.5) is 0 Å². The number of nitrogens with zero attached hydrogens (tertiary/aromatic N) is 2. The Morgan fingerprint density at radius 2 is 1.24 bits per heavy atom. The third kappa shape index (κ3) is 6.23. The molecule has 0 aliphatic carbocycles. The lowest BCUT2D eigenvalue weighted by Gasteiger charge is -2.32. The third-order valence-electron chi connectivity index (χ3n) is 10.4. The van der Waals surface area contributed by atoms with E-state index >= 15 is 0 Å². The summed E-state index contributed by atoms with van der Waals surface area (Å²) in [5.41, 5.74) is 8.23. The van der Waals surface area contributed by atoms with E-state index in [0.717, 1.165) is 44.4 Å². The van der Waals surface area contributed by atoms with Crippen LogP contribution in [0.1, 0.15) is 107 Å². The van der Waals surface area contributed by atoms with Gasteiger partial charge in [-0.15, -0.1) is 0 Å². The highest BCUT2D eigenvalue weighted by Crippen LogP contribution is 2.45. The van der Waals surface area contributed by atoms with Crippen molar-refractivity contribution in [3.63, 3.8) is 0 Å². The molecule has 0 saturated carbocycles. The lowest BCUT2D eigenvalue weighted by Crippen LogP contribution is -2.41. The zero-order valence-corrected chi connectivity index (χ0v) is 31.7. The van der Waals surface area contributed by atoms with Crippen LogP contribution in [0.5, 0.6) is 5.75 Å². The van der Waals surface area contributed by atoms with Crippen LogP contribution >= 0.6 is 0 Å².